The topological polar surface area (TPSA) is 100 Å². The number of phosphoric ester groups is 1. The zero-order valence-electron chi connectivity index (χ0n) is 22.3. The molecule has 2 aliphatic carbocycles. The Kier molecular flexibility index (Phi) is 9.77. The minimum atomic E-state index is -5.24. The predicted molar refractivity (Wildman–Crippen MR) is 133 cm³/mol. The summed E-state index contributed by atoms with van der Waals surface area (Å²) in [6.07, 6.45) is 5.17. The molecule has 2 bridgehead atoms. The molecule has 10 heteroatoms. The second-order valence-corrected chi connectivity index (χ2v) is 10.9. The molecule has 3 aromatic rings. The number of benzene rings is 3. The summed E-state index contributed by atoms with van der Waals surface area (Å²) in [4.78, 5) is 34.8. The average molecular weight is 564 g/mol. The van der Waals surface area contributed by atoms with E-state index in [-0.39, 0.29) is 82.6 Å². The van der Waals surface area contributed by atoms with E-state index in [1.165, 1.54) is 23.3 Å². The molecule has 1 aliphatic heterocycles. The molecule has 3 aromatic carbocycles. The number of hydrogen-bond donors (Lipinski definition) is 0. The van der Waals surface area contributed by atoms with E-state index in [1.54, 1.807) is 19.2 Å². The van der Waals surface area contributed by atoms with Gasteiger partial charge in [0.2, 0.25) is 0 Å². The van der Waals surface area contributed by atoms with E-state index >= 15 is 0 Å². The van der Waals surface area contributed by atoms with Crippen LogP contribution in [-0.4, -0.2) is 12.7 Å². The van der Waals surface area contributed by atoms with Crippen LogP contribution in [0, 0.1) is 11.8 Å². The standard InChI is InChI=1S/C29H29O7P.2Na/c1-33-29(22-14-8-15-23(18-22)34-37(30,31)32)28(35-36-29)26-16-9-17-27(28)25(21-12-6-3-7-13-21)19-24(26)20-10-4-2-5-11-20;;/h2-8,10-15,18-19,24,26-27H,9,16-17H2,1H3,(H2,30,31,32);;/q;2*+1/p-2. The summed E-state index contributed by atoms with van der Waals surface area (Å²) in [5.41, 5.74) is 3.11. The van der Waals surface area contributed by atoms with Crippen molar-refractivity contribution < 1.29 is 92.5 Å². The SMILES string of the molecule is COC1(c2cccc(OP(=O)([O-])[O-])c2)OOC12C1CCCC2C(c2ccccc2)C=C1c1ccccc1.[Na+].[Na+]. The van der Waals surface area contributed by atoms with Crippen LogP contribution in [0.1, 0.15) is 41.9 Å². The van der Waals surface area contributed by atoms with Crippen LogP contribution in [0.2, 0.25) is 0 Å². The van der Waals surface area contributed by atoms with Gasteiger partial charge in [-0.2, -0.15) is 4.89 Å². The predicted octanol–water partition coefficient (Wildman–Crippen LogP) is -1.30. The van der Waals surface area contributed by atoms with Crippen molar-refractivity contribution in [3.63, 3.8) is 0 Å². The Morgan fingerprint density at radius 3 is 2.21 bits per heavy atom. The van der Waals surface area contributed by atoms with Gasteiger partial charge in [-0.25, -0.2) is 4.89 Å². The van der Waals surface area contributed by atoms with Crippen molar-refractivity contribution in [1.82, 2.24) is 0 Å². The third-order valence-electron chi connectivity index (χ3n) is 8.07. The third-order valence-corrected chi connectivity index (χ3v) is 8.50. The second kappa shape index (κ2) is 12.2. The van der Waals surface area contributed by atoms with E-state index in [0.717, 1.165) is 24.8 Å². The molecule has 1 saturated carbocycles. The Bertz CT molecular complexity index is 1360. The van der Waals surface area contributed by atoms with Crippen LogP contribution in [0.25, 0.3) is 5.57 Å². The van der Waals surface area contributed by atoms with Crippen LogP contribution in [0.15, 0.2) is 91.0 Å². The smallest absolute Gasteiger partial charge is 0.780 e. The monoisotopic (exact) mass is 564 g/mol. The van der Waals surface area contributed by atoms with Gasteiger partial charge in [0.1, 0.15) is 13.6 Å². The number of phosphoric acid groups is 1. The van der Waals surface area contributed by atoms with Crippen molar-refractivity contribution in [2.75, 3.05) is 7.11 Å². The maximum Gasteiger partial charge on any atom is 1.00 e. The van der Waals surface area contributed by atoms with Gasteiger partial charge in [-0.15, -0.1) is 0 Å². The van der Waals surface area contributed by atoms with Gasteiger partial charge in [0.25, 0.3) is 5.79 Å². The minimum Gasteiger partial charge on any atom is -0.780 e. The summed E-state index contributed by atoms with van der Waals surface area (Å²) in [6, 6.07) is 27.0. The molecule has 39 heavy (non-hydrogen) atoms. The van der Waals surface area contributed by atoms with Crippen LogP contribution < -0.4 is 73.4 Å². The maximum absolute atomic E-state index is 11.3. The Morgan fingerprint density at radius 1 is 0.897 bits per heavy atom. The van der Waals surface area contributed by atoms with Gasteiger partial charge in [-0.3, -0.25) is 0 Å². The van der Waals surface area contributed by atoms with Gasteiger partial charge in [-0.05, 0) is 41.7 Å². The van der Waals surface area contributed by atoms with Gasteiger partial charge < -0.3 is 23.6 Å². The Labute approximate surface area is 272 Å². The molecular formula is C29H27Na2O7P. The largest absolute Gasteiger partial charge is 1.00 e. The summed E-state index contributed by atoms with van der Waals surface area (Å²) in [6.45, 7) is 0. The Hall–Kier alpha value is -0.770. The van der Waals surface area contributed by atoms with Gasteiger partial charge in [0, 0.05) is 30.4 Å². The van der Waals surface area contributed by atoms with Crippen molar-refractivity contribution >= 4 is 13.4 Å². The van der Waals surface area contributed by atoms with Crippen LogP contribution in [0.4, 0.5) is 0 Å². The summed E-state index contributed by atoms with van der Waals surface area (Å²) in [7, 11) is -3.67. The molecule has 0 amide bonds. The second-order valence-electron chi connectivity index (χ2n) is 9.86. The van der Waals surface area contributed by atoms with Crippen molar-refractivity contribution in [1.29, 1.82) is 0 Å². The van der Waals surface area contributed by atoms with Crippen LogP contribution in [-0.2, 0) is 24.9 Å². The molecule has 0 aromatic heterocycles. The fourth-order valence-electron chi connectivity index (χ4n) is 6.70. The van der Waals surface area contributed by atoms with E-state index in [4.69, 9.17) is 14.5 Å². The molecule has 1 heterocycles. The summed E-state index contributed by atoms with van der Waals surface area (Å²) < 4.78 is 22.2. The van der Waals surface area contributed by atoms with E-state index < -0.39 is 19.2 Å². The fourth-order valence-corrected chi connectivity index (χ4v) is 7.07. The molecule has 5 unspecified atom stereocenters. The number of methoxy groups -OCH3 is 1. The fraction of sp³-hybridized carbons (Fsp3) is 0.310. The summed E-state index contributed by atoms with van der Waals surface area (Å²) in [5, 5.41) is 0. The van der Waals surface area contributed by atoms with E-state index in [0.29, 0.717) is 5.56 Å². The first-order valence-electron chi connectivity index (χ1n) is 12.4. The van der Waals surface area contributed by atoms with Crippen molar-refractivity contribution in [3.05, 3.63) is 108 Å². The first kappa shape index (κ1) is 31.2. The van der Waals surface area contributed by atoms with Crippen LogP contribution >= 0.6 is 7.82 Å². The van der Waals surface area contributed by atoms with E-state index in [2.05, 4.69) is 34.9 Å². The van der Waals surface area contributed by atoms with Gasteiger partial charge in [0.15, 0.2) is 5.60 Å². The zero-order chi connectivity index (χ0) is 25.7. The molecule has 2 fully saturated rings. The van der Waals surface area contributed by atoms with Crippen LogP contribution in [0.3, 0.4) is 0 Å². The Balaban J connectivity index is 0.00000176. The molecule has 0 N–H and O–H groups in total. The molecular weight excluding hydrogens is 537 g/mol. The third kappa shape index (κ3) is 5.32. The molecule has 6 rings (SSSR count). The van der Waals surface area contributed by atoms with Crippen molar-refractivity contribution in [2.45, 2.75) is 36.6 Å². The Morgan fingerprint density at radius 2 is 1.59 bits per heavy atom. The zero-order valence-corrected chi connectivity index (χ0v) is 27.2. The number of hydrogen-bond acceptors (Lipinski definition) is 7. The average Bonchev–Trinajstić information content (AvgIpc) is 2.89. The molecule has 0 radical (unpaired) electrons. The van der Waals surface area contributed by atoms with Gasteiger partial charge in [0.05, 0.1) is 0 Å². The molecule has 1 saturated heterocycles. The molecule has 192 valence electrons. The van der Waals surface area contributed by atoms with E-state index in [9.17, 15) is 14.4 Å². The minimum absolute atomic E-state index is 0. The van der Waals surface area contributed by atoms with Crippen LogP contribution in [0.5, 0.6) is 5.75 Å². The van der Waals surface area contributed by atoms with Crippen molar-refractivity contribution in [2.24, 2.45) is 11.8 Å². The number of rotatable bonds is 6. The molecule has 7 nitrogen and oxygen atoms in total. The molecule has 5 atom stereocenters. The summed E-state index contributed by atoms with van der Waals surface area (Å²) >= 11 is 0. The molecule has 3 aliphatic rings. The van der Waals surface area contributed by atoms with Gasteiger partial charge in [-0.1, -0.05) is 85.3 Å². The molecule has 1 spiro atoms. The maximum atomic E-state index is 11.3. The summed E-state index contributed by atoms with van der Waals surface area (Å²) in [5.74, 6) is -1.41. The number of ether oxygens (including phenoxy) is 1. The first-order chi connectivity index (χ1) is 17.9. The first-order valence-corrected chi connectivity index (χ1v) is 13.9. The van der Waals surface area contributed by atoms with Crippen molar-refractivity contribution in [3.8, 4) is 5.75 Å². The van der Waals surface area contributed by atoms with E-state index in [1.807, 2.05) is 36.4 Å². The number of allylic oxidation sites excluding steroid dienone is 1. The normalized spacial score (nSPS) is 29.3. The van der Waals surface area contributed by atoms with Gasteiger partial charge >= 0.3 is 59.1 Å². The quantitative estimate of drug-likeness (QED) is 0.209.